The highest BCUT2D eigenvalue weighted by Gasteiger charge is 2.21. The second-order valence-corrected chi connectivity index (χ2v) is 4.45. The van der Waals surface area contributed by atoms with Crippen LogP contribution in [0.25, 0.3) is 0 Å². The summed E-state index contributed by atoms with van der Waals surface area (Å²) in [5.74, 6) is 0.180. The first-order valence-corrected chi connectivity index (χ1v) is 6.17. The van der Waals surface area contributed by atoms with Crippen LogP contribution in [0.15, 0.2) is 6.33 Å². The van der Waals surface area contributed by atoms with Crippen LogP contribution < -0.4 is 5.32 Å². The molecule has 2 rings (SSSR count). The van der Waals surface area contributed by atoms with E-state index in [1.165, 1.54) is 19.2 Å². The summed E-state index contributed by atoms with van der Waals surface area (Å²) in [6.07, 6.45) is 3.66. The Kier molecular flexibility index (Phi) is 4.27. The van der Waals surface area contributed by atoms with Gasteiger partial charge in [0.1, 0.15) is 6.33 Å². The van der Waals surface area contributed by atoms with E-state index in [4.69, 9.17) is 11.6 Å². The fraction of sp³-hybridized carbons (Fsp3) is 0.600. The largest absolute Gasteiger partial charge is 0.363 e. The number of nitrogens with zero attached hydrogens (tertiary/aromatic N) is 4. The third-order valence-corrected chi connectivity index (χ3v) is 3.16. The lowest BCUT2D eigenvalue weighted by molar-refractivity contribution is -0.384. The van der Waals surface area contributed by atoms with Gasteiger partial charge in [0.15, 0.2) is 0 Å². The van der Waals surface area contributed by atoms with Crippen LogP contribution in [0.1, 0.15) is 12.8 Å². The molecule has 0 saturated carbocycles. The second kappa shape index (κ2) is 5.92. The van der Waals surface area contributed by atoms with Gasteiger partial charge in [-0.2, -0.15) is 0 Å². The van der Waals surface area contributed by atoms with Crippen molar-refractivity contribution in [2.45, 2.75) is 12.8 Å². The molecule has 2 heterocycles. The first-order chi connectivity index (χ1) is 8.68. The third kappa shape index (κ3) is 3.05. The van der Waals surface area contributed by atoms with Crippen LogP contribution in [0, 0.1) is 10.1 Å². The Morgan fingerprint density at radius 2 is 2.17 bits per heavy atom. The lowest BCUT2D eigenvalue weighted by atomic mass is 10.4. The van der Waals surface area contributed by atoms with E-state index in [0.717, 1.165) is 19.6 Å². The van der Waals surface area contributed by atoms with Crippen LogP contribution >= 0.6 is 11.6 Å². The molecule has 7 nitrogen and oxygen atoms in total. The molecule has 0 bridgehead atoms. The predicted octanol–water partition coefficient (Wildman–Crippen LogP) is 1.55. The van der Waals surface area contributed by atoms with Gasteiger partial charge in [-0.1, -0.05) is 11.6 Å². The minimum atomic E-state index is -0.569. The SMILES string of the molecule is O=[N+]([O-])c1c(Cl)ncnc1NCCN1CCCC1. The molecular weight excluding hydrogens is 258 g/mol. The first-order valence-electron chi connectivity index (χ1n) is 5.79. The number of likely N-dealkylation sites (tertiary alicyclic amines) is 1. The van der Waals surface area contributed by atoms with Crippen molar-refractivity contribution in [3.63, 3.8) is 0 Å². The molecule has 0 spiro atoms. The molecule has 8 heteroatoms. The molecule has 1 aliphatic rings. The Morgan fingerprint density at radius 3 is 2.83 bits per heavy atom. The maximum absolute atomic E-state index is 10.9. The van der Waals surface area contributed by atoms with Gasteiger partial charge in [0.2, 0.25) is 11.0 Å². The minimum absolute atomic E-state index is 0.140. The van der Waals surface area contributed by atoms with Crippen LogP contribution in [0.5, 0.6) is 0 Å². The van der Waals surface area contributed by atoms with Crippen molar-refractivity contribution in [1.29, 1.82) is 0 Å². The Hall–Kier alpha value is -1.47. The van der Waals surface area contributed by atoms with Crippen LogP contribution in [0.3, 0.4) is 0 Å². The smallest absolute Gasteiger partial charge is 0.348 e. The summed E-state index contributed by atoms with van der Waals surface area (Å²) in [4.78, 5) is 20.1. The zero-order chi connectivity index (χ0) is 13.0. The van der Waals surface area contributed by atoms with Crippen molar-refractivity contribution in [3.8, 4) is 0 Å². The molecule has 0 radical (unpaired) electrons. The van der Waals surface area contributed by atoms with Gasteiger partial charge in [-0.25, -0.2) is 9.97 Å². The van der Waals surface area contributed by atoms with Crippen molar-refractivity contribution in [2.75, 3.05) is 31.5 Å². The Morgan fingerprint density at radius 1 is 1.44 bits per heavy atom. The van der Waals surface area contributed by atoms with Crippen molar-refractivity contribution in [1.82, 2.24) is 14.9 Å². The number of rotatable bonds is 5. The van der Waals surface area contributed by atoms with Crippen LogP contribution in [-0.2, 0) is 0 Å². The van der Waals surface area contributed by atoms with Gasteiger partial charge in [-0.05, 0) is 25.9 Å². The van der Waals surface area contributed by atoms with E-state index < -0.39 is 4.92 Å². The molecule has 1 aromatic rings. The molecule has 1 fully saturated rings. The monoisotopic (exact) mass is 271 g/mol. The fourth-order valence-corrected chi connectivity index (χ4v) is 2.19. The summed E-state index contributed by atoms with van der Waals surface area (Å²) in [6, 6.07) is 0. The average molecular weight is 272 g/mol. The lowest BCUT2D eigenvalue weighted by Crippen LogP contribution is -2.26. The van der Waals surface area contributed by atoms with Gasteiger partial charge in [0.25, 0.3) is 0 Å². The normalized spacial score (nSPS) is 15.8. The molecule has 1 N–H and O–H groups in total. The van der Waals surface area contributed by atoms with Gasteiger partial charge in [-0.15, -0.1) is 0 Å². The molecule has 1 saturated heterocycles. The molecule has 0 amide bonds. The molecule has 0 aliphatic carbocycles. The van der Waals surface area contributed by atoms with E-state index in [0.29, 0.717) is 6.54 Å². The Balaban J connectivity index is 1.96. The summed E-state index contributed by atoms with van der Waals surface area (Å²) < 4.78 is 0. The van der Waals surface area contributed by atoms with E-state index >= 15 is 0 Å². The van der Waals surface area contributed by atoms with Gasteiger partial charge in [0, 0.05) is 13.1 Å². The number of aromatic nitrogens is 2. The van der Waals surface area contributed by atoms with Crippen molar-refractivity contribution < 1.29 is 4.92 Å². The summed E-state index contributed by atoms with van der Waals surface area (Å²) in [5.41, 5.74) is -0.263. The van der Waals surface area contributed by atoms with Crippen molar-refractivity contribution in [2.24, 2.45) is 0 Å². The van der Waals surface area contributed by atoms with Gasteiger partial charge >= 0.3 is 5.69 Å². The summed E-state index contributed by atoms with van der Waals surface area (Å²) in [5, 5.41) is 13.7. The maximum atomic E-state index is 10.9. The van der Waals surface area contributed by atoms with Crippen LogP contribution in [0.4, 0.5) is 11.5 Å². The second-order valence-electron chi connectivity index (χ2n) is 4.09. The average Bonchev–Trinajstić information content (AvgIpc) is 2.81. The highest BCUT2D eigenvalue weighted by molar-refractivity contribution is 6.31. The quantitative estimate of drug-likeness (QED) is 0.497. The van der Waals surface area contributed by atoms with Gasteiger partial charge < -0.3 is 10.2 Å². The van der Waals surface area contributed by atoms with E-state index in [1.807, 2.05) is 0 Å². The Labute approximate surface area is 109 Å². The maximum Gasteiger partial charge on any atom is 0.348 e. The highest BCUT2D eigenvalue weighted by atomic mass is 35.5. The number of anilines is 1. The zero-order valence-electron chi connectivity index (χ0n) is 9.80. The van der Waals surface area contributed by atoms with Gasteiger partial charge in [-0.3, -0.25) is 10.1 Å². The summed E-state index contributed by atoms with van der Waals surface area (Å²) >= 11 is 5.69. The number of hydrogen-bond acceptors (Lipinski definition) is 6. The predicted molar refractivity (Wildman–Crippen MR) is 67.9 cm³/mol. The number of nitrogens with one attached hydrogen (secondary N) is 1. The number of hydrogen-bond donors (Lipinski definition) is 1. The molecule has 0 atom stereocenters. The van der Waals surface area contributed by atoms with Crippen molar-refractivity contribution >= 4 is 23.1 Å². The third-order valence-electron chi connectivity index (χ3n) is 2.88. The number of nitro groups is 1. The van der Waals surface area contributed by atoms with E-state index in [1.54, 1.807) is 0 Å². The minimum Gasteiger partial charge on any atom is -0.363 e. The molecule has 1 aliphatic heterocycles. The van der Waals surface area contributed by atoms with Crippen LogP contribution in [0.2, 0.25) is 5.15 Å². The fourth-order valence-electron chi connectivity index (χ4n) is 1.99. The summed E-state index contributed by atoms with van der Waals surface area (Å²) in [6.45, 7) is 3.63. The lowest BCUT2D eigenvalue weighted by Gasteiger charge is -2.14. The molecular formula is C10H14ClN5O2. The topological polar surface area (TPSA) is 84.2 Å². The van der Waals surface area contributed by atoms with E-state index in [9.17, 15) is 10.1 Å². The molecule has 0 unspecified atom stereocenters. The van der Waals surface area contributed by atoms with Crippen molar-refractivity contribution in [3.05, 3.63) is 21.6 Å². The Bertz CT molecular complexity index is 436. The highest BCUT2D eigenvalue weighted by Crippen LogP contribution is 2.27. The number of halogens is 1. The molecule has 18 heavy (non-hydrogen) atoms. The molecule has 0 aromatic carbocycles. The molecule has 98 valence electrons. The standard InChI is InChI=1S/C10H14ClN5O2/c11-9-8(16(17)18)10(14-7-13-9)12-3-6-15-4-1-2-5-15/h7H,1-6H2,(H,12,13,14). The van der Waals surface area contributed by atoms with Gasteiger partial charge in [0.05, 0.1) is 4.92 Å². The van der Waals surface area contributed by atoms with E-state index in [2.05, 4.69) is 20.2 Å². The molecule has 1 aromatic heterocycles. The van der Waals surface area contributed by atoms with E-state index in [-0.39, 0.29) is 16.7 Å². The zero-order valence-corrected chi connectivity index (χ0v) is 10.6. The van der Waals surface area contributed by atoms with Crippen LogP contribution in [-0.4, -0.2) is 46.0 Å². The summed E-state index contributed by atoms with van der Waals surface area (Å²) in [7, 11) is 0. The first kappa shape index (κ1) is 13.0.